The van der Waals surface area contributed by atoms with Crippen LogP contribution in [0.3, 0.4) is 0 Å². The van der Waals surface area contributed by atoms with Crippen LogP contribution in [0.5, 0.6) is 0 Å². The van der Waals surface area contributed by atoms with Crippen LogP contribution in [0.4, 0.5) is 5.13 Å². The standard InChI is InChI=1S/C22H26ClN3O3S2.ClH/c1-15-12-16(2)21-19(13-15)30-22(24-21)26(11-5-10-25(3)4)20(27)14-31(28,29)18-8-6-17(23)7-9-18;/h6-9,12-13H,5,10-11,14H2,1-4H3;1H. The maximum Gasteiger partial charge on any atom is 0.244 e. The Morgan fingerprint density at radius 1 is 1.09 bits per heavy atom. The number of nitrogens with zero attached hydrogens (tertiary/aromatic N) is 3. The quantitative estimate of drug-likeness (QED) is 0.432. The van der Waals surface area contributed by atoms with E-state index in [0.717, 1.165) is 27.9 Å². The van der Waals surface area contributed by atoms with Crippen molar-refractivity contribution in [3.63, 3.8) is 0 Å². The lowest BCUT2D eigenvalue weighted by atomic mass is 10.1. The van der Waals surface area contributed by atoms with Gasteiger partial charge >= 0.3 is 0 Å². The van der Waals surface area contributed by atoms with Crippen LogP contribution in [0.1, 0.15) is 17.5 Å². The Bertz CT molecular complexity index is 1190. The second kappa shape index (κ2) is 10.9. The molecule has 0 aliphatic heterocycles. The van der Waals surface area contributed by atoms with Crippen molar-refractivity contribution >= 4 is 66.4 Å². The second-order valence-corrected chi connectivity index (χ2v) is 11.3. The molecule has 0 radical (unpaired) electrons. The smallest absolute Gasteiger partial charge is 0.244 e. The molecule has 0 aliphatic rings. The van der Waals surface area contributed by atoms with Gasteiger partial charge in [0.15, 0.2) is 15.0 Å². The zero-order chi connectivity index (χ0) is 22.8. The molecule has 0 N–H and O–H groups in total. The van der Waals surface area contributed by atoms with Gasteiger partial charge in [0.2, 0.25) is 5.91 Å². The molecule has 1 aromatic heterocycles. The van der Waals surface area contributed by atoms with Crippen LogP contribution in [0, 0.1) is 13.8 Å². The lowest BCUT2D eigenvalue weighted by molar-refractivity contribution is -0.116. The number of rotatable bonds is 8. The number of carbonyl (C=O) groups excluding carboxylic acids is 1. The number of amides is 1. The molecule has 0 aliphatic carbocycles. The van der Waals surface area contributed by atoms with Crippen molar-refractivity contribution in [3.05, 3.63) is 52.5 Å². The van der Waals surface area contributed by atoms with E-state index in [1.54, 1.807) is 0 Å². The van der Waals surface area contributed by atoms with Crippen LogP contribution in [0.25, 0.3) is 10.2 Å². The predicted octanol–water partition coefficient (Wildman–Crippen LogP) is 4.75. The molecular formula is C22H27Cl2N3O3S2. The summed E-state index contributed by atoms with van der Waals surface area (Å²) >= 11 is 7.28. The minimum atomic E-state index is -3.80. The SMILES string of the molecule is Cc1cc(C)c2nc(N(CCCN(C)C)C(=O)CS(=O)(=O)c3ccc(Cl)cc3)sc2c1.Cl. The summed E-state index contributed by atoms with van der Waals surface area (Å²) < 4.78 is 26.6. The second-order valence-electron chi connectivity index (χ2n) is 7.84. The van der Waals surface area contributed by atoms with E-state index in [1.807, 2.05) is 38.9 Å². The monoisotopic (exact) mass is 515 g/mol. The predicted molar refractivity (Wildman–Crippen MR) is 135 cm³/mol. The van der Waals surface area contributed by atoms with Crippen LogP contribution in [-0.2, 0) is 14.6 Å². The number of sulfone groups is 1. The lowest BCUT2D eigenvalue weighted by Crippen LogP contribution is -2.37. The van der Waals surface area contributed by atoms with E-state index in [-0.39, 0.29) is 17.3 Å². The molecule has 6 nitrogen and oxygen atoms in total. The first-order valence-electron chi connectivity index (χ1n) is 9.88. The highest BCUT2D eigenvalue weighted by atomic mass is 35.5. The minimum Gasteiger partial charge on any atom is -0.309 e. The first-order chi connectivity index (χ1) is 14.6. The Kier molecular flexibility index (Phi) is 9.07. The van der Waals surface area contributed by atoms with Gasteiger partial charge in [-0.3, -0.25) is 9.69 Å². The summed E-state index contributed by atoms with van der Waals surface area (Å²) in [5.41, 5.74) is 3.00. The number of halogens is 2. The molecule has 0 saturated heterocycles. The highest BCUT2D eigenvalue weighted by molar-refractivity contribution is 7.92. The van der Waals surface area contributed by atoms with Gasteiger partial charge in [0.25, 0.3) is 0 Å². The molecule has 0 spiro atoms. The number of benzene rings is 2. The van der Waals surface area contributed by atoms with Gasteiger partial charge in [-0.2, -0.15) is 0 Å². The number of hydrogen-bond donors (Lipinski definition) is 0. The van der Waals surface area contributed by atoms with Crippen molar-refractivity contribution in [1.82, 2.24) is 9.88 Å². The normalized spacial score (nSPS) is 11.6. The number of aromatic nitrogens is 1. The number of fused-ring (bicyclic) bond motifs is 1. The summed E-state index contributed by atoms with van der Waals surface area (Å²) in [6.45, 7) is 5.17. The average molecular weight is 517 g/mol. The molecule has 3 rings (SSSR count). The molecule has 0 bridgehead atoms. The van der Waals surface area contributed by atoms with Crippen LogP contribution in [0.15, 0.2) is 41.3 Å². The maximum absolute atomic E-state index is 13.2. The van der Waals surface area contributed by atoms with E-state index in [4.69, 9.17) is 11.6 Å². The van der Waals surface area contributed by atoms with Crippen LogP contribution < -0.4 is 4.90 Å². The summed E-state index contributed by atoms with van der Waals surface area (Å²) in [4.78, 5) is 21.5. The molecule has 0 fully saturated rings. The zero-order valence-electron chi connectivity index (χ0n) is 18.5. The Labute approximate surface area is 204 Å². The van der Waals surface area contributed by atoms with E-state index in [1.165, 1.54) is 40.5 Å². The van der Waals surface area contributed by atoms with Crippen molar-refractivity contribution in [2.24, 2.45) is 0 Å². The van der Waals surface area contributed by atoms with Crippen molar-refractivity contribution < 1.29 is 13.2 Å². The van der Waals surface area contributed by atoms with Crippen molar-refractivity contribution in [3.8, 4) is 0 Å². The zero-order valence-corrected chi connectivity index (χ0v) is 21.7. The van der Waals surface area contributed by atoms with Gasteiger partial charge in [-0.05, 0) is 82.4 Å². The molecule has 3 aromatic rings. The summed E-state index contributed by atoms with van der Waals surface area (Å²) in [6.07, 6.45) is 0.702. The number of aryl methyl sites for hydroxylation is 2. The van der Waals surface area contributed by atoms with Crippen LogP contribution in [-0.4, -0.2) is 57.1 Å². The van der Waals surface area contributed by atoms with Crippen molar-refractivity contribution in [2.45, 2.75) is 25.2 Å². The van der Waals surface area contributed by atoms with Gasteiger partial charge in [-0.15, -0.1) is 12.4 Å². The van der Waals surface area contributed by atoms with Crippen molar-refractivity contribution in [2.75, 3.05) is 37.8 Å². The highest BCUT2D eigenvalue weighted by Gasteiger charge is 2.26. The fourth-order valence-electron chi connectivity index (χ4n) is 3.31. The van der Waals surface area contributed by atoms with Crippen LogP contribution in [0.2, 0.25) is 5.02 Å². The Morgan fingerprint density at radius 2 is 1.75 bits per heavy atom. The third-order valence-electron chi connectivity index (χ3n) is 4.82. The minimum absolute atomic E-state index is 0. The molecule has 0 unspecified atom stereocenters. The van der Waals surface area contributed by atoms with Gasteiger partial charge in [0, 0.05) is 11.6 Å². The lowest BCUT2D eigenvalue weighted by Gasteiger charge is -2.21. The number of carbonyl (C=O) groups is 1. The number of thiazole rings is 1. The molecule has 1 heterocycles. The highest BCUT2D eigenvalue weighted by Crippen LogP contribution is 2.32. The summed E-state index contributed by atoms with van der Waals surface area (Å²) in [5.74, 6) is -1.10. The van der Waals surface area contributed by atoms with E-state index < -0.39 is 21.5 Å². The third kappa shape index (κ3) is 6.42. The average Bonchev–Trinajstić information content (AvgIpc) is 3.08. The number of anilines is 1. The first-order valence-corrected chi connectivity index (χ1v) is 12.7. The Balaban J connectivity index is 0.00000363. The van der Waals surface area contributed by atoms with E-state index in [0.29, 0.717) is 23.1 Å². The van der Waals surface area contributed by atoms with Gasteiger partial charge in [-0.1, -0.05) is 29.0 Å². The van der Waals surface area contributed by atoms with Gasteiger partial charge < -0.3 is 4.90 Å². The van der Waals surface area contributed by atoms with E-state index >= 15 is 0 Å². The van der Waals surface area contributed by atoms with Gasteiger partial charge in [0.05, 0.1) is 15.1 Å². The van der Waals surface area contributed by atoms with Crippen LogP contribution >= 0.6 is 35.3 Å². The summed E-state index contributed by atoms with van der Waals surface area (Å²) in [7, 11) is 0.120. The molecule has 174 valence electrons. The van der Waals surface area contributed by atoms with E-state index in [9.17, 15) is 13.2 Å². The molecule has 0 atom stereocenters. The molecular weight excluding hydrogens is 489 g/mol. The van der Waals surface area contributed by atoms with E-state index in [2.05, 4.69) is 11.1 Å². The number of hydrogen-bond acceptors (Lipinski definition) is 6. The molecule has 1 amide bonds. The third-order valence-corrected chi connectivity index (χ3v) is 7.72. The van der Waals surface area contributed by atoms with Gasteiger partial charge in [0.1, 0.15) is 5.75 Å². The summed E-state index contributed by atoms with van der Waals surface area (Å²) in [6, 6.07) is 9.95. The molecule has 32 heavy (non-hydrogen) atoms. The van der Waals surface area contributed by atoms with Gasteiger partial charge in [-0.25, -0.2) is 13.4 Å². The molecule has 2 aromatic carbocycles. The fourth-order valence-corrected chi connectivity index (χ4v) is 5.82. The fraction of sp³-hybridized carbons (Fsp3) is 0.364. The molecule has 10 heteroatoms. The van der Waals surface area contributed by atoms with Crippen molar-refractivity contribution in [1.29, 1.82) is 0 Å². The Morgan fingerprint density at radius 3 is 2.38 bits per heavy atom. The summed E-state index contributed by atoms with van der Waals surface area (Å²) in [5, 5.41) is 0.967. The maximum atomic E-state index is 13.2. The largest absolute Gasteiger partial charge is 0.309 e. The Hall–Kier alpha value is -1.71. The topological polar surface area (TPSA) is 70.6 Å². The molecule has 0 saturated carbocycles. The first kappa shape index (κ1) is 26.5.